The molecule has 0 unspecified atom stereocenters. The van der Waals surface area contributed by atoms with Gasteiger partial charge in [0, 0.05) is 33.0 Å². The van der Waals surface area contributed by atoms with Gasteiger partial charge in [0.2, 0.25) is 0 Å². The van der Waals surface area contributed by atoms with Crippen LogP contribution in [0.3, 0.4) is 0 Å². The number of hydrogen-bond donors (Lipinski definition) is 6. The molecule has 0 amide bonds. The molecule has 0 aliphatic carbocycles. The summed E-state index contributed by atoms with van der Waals surface area (Å²) in [6.45, 7) is 2.01. The van der Waals surface area contributed by atoms with Crippen molar-refractivity contribution in [3.63, 3.8) is 0 Å². The molecule has 12 heteroatoms. The second-order valence-corrected chi connectivity index (χ2v) is 11.1. The van der Waals surface area contributed by atoms with Crippen molar-refractivity contribution >= 4 is 66.9 Å². The van der Waals surface area contributed by atoms with E-state index >= 15 is 0 Å². The van der Waals surface area contributed by atoms with Crippen LogP contribution in [-0.2, 0) is 0 Å². The quantitative estimate of drug-likeness (QED) is 0.122. The second-order valence-electron chi connectivity index (χ2n) is 11.1. The summed E-state index contributed by atoms with van der Waals surface area (Å²) >= 11 is 0. The average Bonchev–Trinajstić information content (AvgIpc) is 3.78. The van der Waals surface area contributed by atoms with E-state index in [9.17, 15) is 0 Å². The molecule has 10 N–H and O–H groups in total. The lowest BCUT2D eigenvalue weighted by molar-refractivity contribution is 1.19. The van der Waals surface area contributed by atoms with Gasteiger partial charge in [-0.3, -0.25) is 0 Å². The highest BCUT2D eigenvalue weighted by molar-refractivity contribution is 6.22. The Morgan fingerprint density at radius 3 is 1.49 bits per heavy atom. The Labute approximate surface area is 254 Å². The van der Waals surface area contributed by atoms with Crippen molar-refractivity contribution in [2.45, 2.75) is 6.92 Å². The average molecular weight is 589 g/mol. The predicted octanol–water partition coefficient (Wildman–Crippen LogP) is 5.51. The van der Waals surface area contributed by atoms with E-state index in [0.29, 0.717) is 56.7 Å². The molecule has 0 atom stereocenters. The Morgan fingerprint density at radius 2 is 0.889 bits per heavy atom. The van der Waals surface area contributed by atoms with Crippen LogP contribution in [0.2, 0.25) is 0 Å². The highest BCUT2D eigenvalue weighted by atomic mass is 15.1. The summed E-state index contributed by atoms with van der Waals surface area (Å²) in [6.07, 6.45) is 0. The Morgan fingerprint density at radius 1 is 0.444 bits per heavy atom. The lowest BCUT2D eigenvalue weighted by atomic mass is 10.0. The Kier molecular flexibility index (Phi) is 4.85. The van der Waals surface area contributed by atoms with Crippen molar-refractivity contribution in [2.24, 2.45) is 0 Å². The summed E-state index contributed by atoms with van der Waals surface area (Å²) in [6, 6.07) is 21.7. The third-order valence-corrected chi connectivity index (χ3v) is 8.48. The second kappa shape index (κ2) is 8.74. The molecule has 216 valence electrons. The fraction of sp³-hybridized carbons (Fsp3) is 0.0303. The maximum Gasteiger partial charge on any atom is 0.165 e. The number of nitrogens with two attached hydrogens (primary N) is 4. The largest absolute Gasteiger partial charge is 0.396 e. The van der Waals surface area contributed by atoms with Gasteiger partial charge in [-0.05, 0) is 12.5 Å². The van der Waals surface area contributed by atoms with Crippen molar-refractivity contribution in [3.05, 3.63) is 72.3 Å². The van der Waals surface area contributed by atoms with Crippen LogP contribution in [0.5, 0.6) is 0 Å². The number of nitrogens with one attached hydrogen (secondary N) is 2. The van der Waals surface area contributed by atoms with E-state index in [1.54, 1.807) is 0 Å². The molecule has 0 saturated heterocycles. The highest BCUT2D eigenvalue weighted by Gasteiger charge is 2.25. The molecular formula is C33H24N12. The lowest BCUT2D eigenvalue weighted by Gasteiger charge is -2.09. The number of rotatable bonds is 0. The molecular weight excluding hydrogens is 564 g/mol. The monoisotopic (exact) mass is 588 g/mol. The summed E-state index contributed by atoms with van der Waals surface area (Å²) in [5, 5.41) is 2.79. The van der Waals surface area contributed by atoms with E-state index in [2.05, 4.69) is 9.97 Å². The van der Waals surface area contributed by atoms with Gasteiger partial charge in [0.25, 0.3) is 0 Å². The number of H-pyrrole nitrogens is 2. The lowest BCUT2D eigenvalue weighted by Crippen LogP contribution is -2.04. The first-order valence-corrected chi connectivity index (χ1v) is 14.2. The van der Waals surface area contributed by atoms with Crippen molar-refractivity contribution in [3.8, 4) is 45.6 Å². The first-order valence-electron chi connectivity index (χ1n) is 14.2. The molecule has 8 bridgehead atoms. The number of hydrogen-bond acceptors (Lipinski definition) is 10. The molecule has 0 fully saturated rings. The van der Waals surface area contributed by atoms with Crippen LogP contribution in [0.15, 0.2) is 66.7 Å². The zero-order valence-electron chi connectivity index (χ0n) is 23.8. The van der Waals surface area contributed by atoms with Crippen molar-refractivity contribution in [2.75, 3.05) is 22.9 Å². The van der Waals surface area contributed by atoms with Gasteiger partial charge in [0.05, 0.1) is 33.5 Å². The van der Waals surface area contributed by atoms with Gasteiger partial charge in [-0.1, -0.05) is 66.7 Å². The summed E-state index contributed by atoms with van der Waals surface area (Å²) in [4.78, 5) is 36.6. The van der Waals surface area contributed by atoms with Crippen LogP contribution in [-0.4, -0.2) is 39.9 Å². The number of nitrogen functional groups attached to an aromatic ring is 4. The molecule has 12 nitrogen and oxygen atoms in total. The molecule has 9 rings (SSSR count). The molecule has 45 heavy (non-hydrogen) atoms. The minimum Gasteiger partial charge on any atom is -0.396 e. The molecule has 2 aliphatic rings. The molecule has 0 radical (unpaired) electrons. The number of aryl methyl sites for hydroxylation is 1. The van der Waals surface area contributed by atoms with E-state index < -0.39 is 0 Å². The third-order valence-electron chi connectivity index (χ3n) is 8.48. The standard InChI is InChI=1S/C33H24N12/c1-13-7-6-12-18-19(13)31-43-30(18)41-28-15-9-3-2-8-14(15)26(39-28)38-27-16-10-4-5-11-17(16)29(40-27)42-32-20-21(33(44-31)45-32)23(35)25(37)24(36)22(20)34/h2-12H,34-37H2,1H3,(H2,38,39,40,41,42,43,44,45). The minimum atomic E-state index is 0.173. The van der Waals surface area contributed by atoms with E-state index in [4.69, 9.17) is 52.8 Å². The van der Waals surface area contributed by atoms with Gasteiger partial charge in [0.15, 0.2) is 23.3 Å². The molecule has 5 heterocycles. The third kappa shape index (κ3) is 3.41. The number of aromatic nitrogens is 8. The molecule has 3 aromatic heterocycles. The molecule has 0 spiro atoms. The van der Waals surface area contributed by atoms with Crippen LogP contribution >= 0.6 is 0 Å². The zero-order chi connectivity index (χ0) is 30.6. The maximum absolute atomic E-state index is 6.59. The normalized spacial score (nSPS) is 12.0. The van der Waals surface area contributed by atoms with Crippen molar-refractivity contribution in [1.82, 2.24) is 39.9 Å². The molecule has 7 aromatic rings. The van der Waals surface area contributed by atoms with Gasteiger partial charge < -0.3 is 32.9 Å². The molecule has 2 aliphatic heterocycles. The fourth-order valence-electron chi connectivity index (χ4n) is 6.27. The number of aromatic amines is 2. The first-order chi connectivity index (χ1) is 21.9. The van der Waals surface area contributed by atoms with Crippen LogP contribution < -0.4 is 22.9 Å². The van der Waals surface area contributed by atoms with Gasteiger partial charge in [-0.15, -0.1) is 0 Å². The van der Waals surface area contributed by atoms with E-state index in [1.807, 2.05) is 73.7 Å². The molecule has 4 aromatic carbocycles. The minimum absolute atomic E-state index is 0.173. The maximum atomic E-state index is 6.59. The number of fused-ring (bicyclic) bond motifs is 20. The predicted molar refractivity (Wildman–Crippen MR) is 178 cm³/mol. The summed E-state index contributed by atoms with van der Waals surface area (Å²) in [7, 11) is 0. The van der Waals surface area contributed by atoms with Crippen LogP contribution in [0.4, 0.5) is 22.7 Å². The van der Waals surface area contributed by atoms with Crippen LogP contribution in [0.1, 0.15) is 5.56 Å². The van der Waals surface area contributed by atoms with Crippen LogP contribution in [0, 0.1) is 6.92 Å². The van der Waals surface area contributed by atoms with Gasteiger partial charge >= 0.3 is 0 Å². The smallest absolute Gasteiger partial charge is 0.165 e. The van der Waals surface area contributed by atoms with E-state index in [0.717, 1.165) is 38.6 Å². The van der Waals surface area contributed by atoms with Crippen molar-refractivity contribution < 1.29 is 0 Å². The Bertz CT molecular complexity index is 2610. The highest BCUT2D eigenvalue weighted by Crippen LogP contribution is 2.43. The van der Waals surface area contributed by atoms with Crippen molar-refractivity contribution in [1.29, 1.82) is 0 Å². The van der Waals surface area contributed by atoms with Crippen LogP contribution in [0.25, 0.3) is 89.7 Å². The molecule has 0 saturated carbocycles. The SMILES string of the molecule is Cc1cccc2c1-c1nc-2nc2[nH]c(nc3nc(nc4[nH]c(n1)c1c(N)c(N)c(N)c(N)c41)-c1ccccc1-3)c1ccccc21. The number of anilines is 4. The zero-order valence-corrected chi connectivity index (χ0v) is 23.8. The summed E-state index contributed by atoms with van der Waals surface area (Å²) in [5.74, 6) is 1.91. The topological polar surface area (TPSA) is 213 Å². The summed E-state index contributed by atoms with van der Waals surface area (Å²) < 4.78 is 0. The van der Waals surface area contributed by atoms with E-state index in [1.165, 1.54) is 0 Å². The first kappa shape index (κ1) is 25.0. The van der Waals surface area contributed by atoms with Gasteiger partial charge in [-0.2, -0.15) is 0 Å². The van der Waals surface area contributed by atoms with E-state index in [-0.39, 0.29) is 22.7 Å². The summed E-state index contributed by atoms with van der Waals surface area (Å²) in [5.41, 5.74) is 33.0. The number of benzene rings is 4. The Hall–Kier alpha value is -6.56. The Balaban J connectivity index is 1.55. The number of nitrogens with zero attached hydrogens (tertiary/aromatic N) is 6. The fourth-order valence-corrected chi connectivity index (χ4v) is 6.27. The van der Waals surface area contributed by atoms with Gasteiger partial charge in [-0.25, -0.2) is 29.9 Å². The van der Waals surface area contributed by atoms with Gasteiger partial charge in [0.1, 0.15) is 22.6 Å².